The maximum atomic E-state index is 13.3. The Kier molecular flexibility index (Phi) is 6.06. The minimum atomic E-state index is -2.54. The van der Waals surface area contributed by atoms with Crippen LogP contribution in [0.4, 0.5) is 25.8 Å². The summed E-state index contributed by atoms with van der Waals surface area (Å²) in [5.41, 5.74) is 3.73. The molecule has 0 saturated carbocycles. The minimum absolute atomic E-state index is 0.0823. The molecule has 2 saturated heterocycles. The third kappa shape index (κ3) is 5.51. The number of carbonyl (C=O) groups is 2. The molecule has 2 fully saturated rings. The molecule has 8 heteroatoms. The Hall–Kier alpha value is -3.16. The number of nitrogens with zero attached hydrogens (tertiary/aromatic N) is 1. The molecule has 2 heterocycles. The highest BCUT2D eigenvalue weighted by atomic mass is 19.3. The monoisotopic (exact) mass is 428 g/mol. The molecule has 0 aromatic heterocycles. The highest BCUT2D eigenvalue weighted by Crippen LogP contribution is 2.31. The lowest BCUT2D eigenvalue weighted by Gasteiger charge is -2.33. The highest BCUT2D eigenvalue weighted by Gasteiger charge is 2.34. The number of rotatable bonds is 6. The van der Waals surface area contributed by atoms with Crippen LogP contribution in [0.5, 0.6) is 0 Å². The molecule has 1 atom stereocenters. The van der Waals surface area contributed by atoms with Crippen LogP contribution in [0, 0.1) is 5.92 Å². The van der Waals surface area contributed by atoms with Gasteiger partial charge in [0.25, 0.3) is 5.92 Å². The van der Waals surface area contributed by atoms with E-state index in [0.717, 1.165) is 22.6 Å². The number of amides is 2. The molecular formula is C23H26F2N4O2. The van der Waals surface area contributed by atoms with E-state index in [-0.39, 0.29) is 37.0 Å². The SMILES string of the molecule is O=C1CC(C(=O)NCc2ccc(Nc3ccc(N4CCC(F)(F)CC4)cc3)cc2)CN1. The van der Waals surface area contributed by atoms with Crippen LogP contribution < -0.4 is 20.9 Å². The fourth-order valence-corrected chi connectivity index (χ4v) is 3.84. The van der Waals surface area contributed by atoms with Gasteiger partial charge in [0.05, 0.1) is 5.92 Å². The lowest BCUT2D eigenvalue weighted by Crippen LogP contribution is -2.39. The zero-order valence-corrected chi connectivity index (χ0v) is 17.2. The minimum Gasteiger partial charge on any atom is -0.371 e. The maximum absolute atomic E-state index is 13.3. The largest absolute Gasteiger partial charge is 0.371 e. The standard InChI is InChI=1S/C23H26F2N4O2/c24-23(25)9-11-29(12-10-23)20-7-5-19(6-8-20)28-18-3-1-16(2-4-18)14-27-22(31)17-13-21(30)26-15-17/h1-8,17,28H,9-15H2,(H,26,30)(H,27,31). The predicted octanol–water partition coefficient (Wildman–Crippen LogP) is 3.42. The normalized spacial score (nSPS) is 20.3. The van der Waals surface area contributed by atoms with Crippen molar-refractivity contribution in [3.8, 4) is 0 Å². The zero-order chi connectivity index (χ0) is 21.8. The van der Waals surface area contributed by atoms with E-state index in [1.807, 2.05) is 53.4 Å². The van der Waals surface area contributed by atoms with Crippen LogP contribution in [0.25, 0.3) is 0 Å². The number of hydrogen-bond acceptors (Lipinski definition) is 4. The molecule has 31 heavy (non-hydrogen) atoms. The smallest absolute Gasteiger partial charge is 0.251 e. The Bertz CT molecular complexity index is 922. The van der Waals surface area contributed by atoms with Crippen LogP contribution in [0.2, 0.25) is 0 Å². The first-order valence-electron chi connectivity index (χ1n) is 10.5. The van der Waals surface area contributed by atoms with Gasteiger partial charge in [0.15, 0.2) is 0 Å². The average Bonchev–Trinajstić information content (AvgIpc) is 3.20. The summed E-state index contributed by atoms with van der Waals surface area (Å²) in [5.74, 6) is -3.03. The first-order chi connectivity index (χ1) is 14.9. The summed E-state index contributed by atoms with van der Waals surface area (Å²) >= 11 is 0. The van der Waals surface area contributed by atoms with Crippen molar-refractivity contribution < 1.29 is 18.4 Å². The number of alkyl halides is 2. The summed E-state index contributed by atoms with van der Waals surface area (Å²) in [7, 11) is 0. The molecule has 4 rings (SSSR count). The molecule has 2 aromatic rings. The van der Waals surface area contributed by atoms with Gasteiger partial charge in [-0.25, -0.2) is 8.78 Å². The Morgan fingerprint density at radius 2 is 1.65 bits per heavy atom. The van der Waals surface area contributed by atoms with Gasteiger partial charge in [0.2, 0.25) is 11.8 Å². The molecule has 1 unspecified atom stereocenters. The topological polar surface area (TPSA) is 73.5 Å². The fourth-order valence-electron chi connectivity index (χ4n) is 3.84. The van der Waals surface area contributed by atoms with Gasteiger partial charge in [-0.1, -0.05) is 12.1 Å². The molecule has 2 aliphatic rings. The molecule has 2 aromatic carbocycles. The van der Waals surface area contributed by atoms with Crippen molar-refractivity contribution in [2.24, 2.45) is 5.92 Å². The second kappa shape index (κ2) is 8.91. The third-order valence-corrected chi connectivity index (χ3v) is 5.78. The van der Waals surface area contributed by atoms with Crippen molar-refractivity contribution in [2.75, 3.05) is 29.9 Å². The Labute approximate surface area is 180 Å². The first-order valence-corrected chi connectivity index (χ1v) is 10.5. The summed E-state index contributed by atoms with van der Waals surface area (Å²) in [4.78, 5) is 25.3. The van der Waals surface area contributed by atoms with Gasteiger partial charge in [0.1, 0.15) is 0 Å². The number of carbonyl (C=O) groups excluding carboxylic acids is 2. The predicted molar refractivity (Wildman–Crippen MR) is 116 cm³/mol. The Balaban J connectivity index is 1.27. The molecule has 0 radical (unpaired) electrons. The van der Waals surface area contributed by atoms with Crippen LogP contribution in [-0.4, -0.2) is 37.4 Å². The van der Waals surface area contributed by atoms with Gasteiger partial charge in [-0.05, 0) is 42.0 Å². The lowest BCUT2D eigenvalue weighted by atomic mass is 10.1. The van der Waals surface area contributed by atoms with E-state index in [1.54, 1.807) is 0 Å². The molecule has 0 bridgehead atoms. The molecule has 6 nitrogen and oxygen atoms in total. The van der Waals surface area contributed by atoms with Crippen LogP contribution in [0.1, 0.15) is 24.8 Å². The fraction of sp³-hybridized carbons (Fsp3) is 0.391. The Morgan fingerprint density at radius 3 is 2.23 bits per heavy atom. The van der Waals surface area contributed by atoms with Gasteiger partial charge in [-0.15, -0.1) is 0 Å². The lowest BCUT2D eigenvalue weighted by molar-refractivity contribution is -0.126. The van der Waals surface area contributed by atoms with Gasteiger partial charge < -0.3 is 20.9 Å². The molecule has 3 N–H and O–H groups in total. The van der Waals surface area contributed by atoms with Crippen molar-refractivity contribution in [1.82, 2.24) is 10.6 Å². The van der Waals surface area contributed by atoms with Crippen LogP contribution in [-0.2, 0) is 16.1 Å². The van der Waals surface area contributed by atoms with Crippen LogP contribution in [0.15, 0.2) is 48.5 Å². The summed E-state index contributed by atoms with van der Waals surface area (Å²) in [6.07, 6.45) is 0.0443. The van der Waals surface area contributed by atoms with E-state index in [4.69, 9.17) is 0 Å². The average molecular weight is 428 g/mol. The number of piperidine rings is 1. The van der Waals surface area contributed by atoms with E-state index >= 15 is 0 Å². The first kappa shape index (κ1) is 21.1. The summed E-state index contributed by atoms with van der Waals surface area (Å²) < 4.78 is 26.7. The number of benzene rings is 2. The Morgan fingerprint density at radius 1 is 1.03 bits per heavy atom. The van der Waals surface area contributed by atoms with Crippen LogP contribution >= 0.6 is 0 Å². The van der Waals surface area contributed by atoms with Crippen LogP contribution in [0.3, 0.4) is 0 Å². The molecule has 164 valence electrons. The van der Waals surface area contributed by atoms with Crippen molar-refractivity contribution in [3.05, 3.63) is 54.1 Å². The molecule has 0 spiro atoms. The second-order valence-electron chi connectivity index (χ2n) is 8.13. The van der Waals surface area contributed by atoms with E-state index < -0.39 is 5.92 Å². The molecule has 2 amide bonds. The van der Waals surface area contributed by atoms with E-state index in [9.17, 15) is 18.4 Å². The van der Waals surface area contributed by atoms with Crippen molar-refractivity contribution in [2.45, 2.75) is 31.7 Å². The van der Waals surface area contributed by atoms with Gasteiger partial charge in [-0.2, -0.15) is 0 Å². The highest BCUT2D eigenvalue weighted by molar-refractivity contribution is 5.89. The van der Waals surface area contributed by atoms with Crippen molar-refractivity contribution >= 4 is 28.9 Å². The zero-order valence-electron chi connectivity index (χ0n) is 17.2. The molecule has 2 aliphatic heterocycles. The number of halogens is 2. The number of nitrogens with one attached hydrogen (secondary N) is 3. The summed E-state index contributed by atoms with van der Waals surface area (Å²) in [5, 5.41) is 8.85. The number of hydrogen-bond donors (Lipinski definition) is 3. The van der Waals surface area contributed by atoms with Gasteiger partial charge >= 0.3 is 0 Å². The second-order valence-corrected chi connectivity index (χ2v) is 8.13. The molecule has 0 aliphatic carbocycles. The summed E-state index contributed by atoms with van der Waals surface area (Å²) in [6.45, 7) is 1.54. The van der Waals surface area contributed by atoms with Gasteiger partial charge in [-0.3, -0.25) is 9.59 Å². The van der Waals surface area contributed by atoms with Gasteiger partial charge in [0, 0.05) is 62.5 Å². The maximum Gasteiger partial charge on any atom is 0.251 e. The van der Waals surface area contributed by atoms with E-state index in [1.165, 1.54) is 0 Å². The summed E-state index contributed by atoms with van der Waals surface area (Å²) in [6, 6.07) is 15.5. The van der Waals surface area contributed by atoms with E-state index in [0.29, 0.717) is 26.2 Å². The van der Waals surface area contributed by atoms with Crippen molar-refractivity contribution in [1.29, 1.82) is 0 Å². The van der Waals surface area contributed by atoms with Crippen molar-refractivity contribution in [3.63, 3.8) is 0 Å². The third-order valence-electron chi connectivity index (χ3n) is 5.78. The number of anilines is 3. The quantitative estimate of drug-likeness (QED) is 0.659. The molecular weight excluding hydrogens is 402 g/mol. The van der Waals surface area contributed by atoms with E-state index in [2.05, 4.69) is 16.0 Å².